The van der Waals surface area contributed by atoms with Crippen molar-refractivity contribution in [2.45, 2.75) is 32.5 Å². The lowest BCUT2D eigenvalue weighted by Gasteiger charge is -2.33. The van der Waals surface area contributed by atoms with Crippen molar-refractivity contribution in [3.05, 3.63) is 0 Å². The fraction of sp³-hybridized carbons (Fsp3) is 0.941. The molecule has 2 fully saturated rings. The van der Waals surface area contributed by atoms with Crippen molar-refractivity contribution in [2.24, 2.45) is 4.99 Å². The van der Waals surface area contributed by atoms with E-state index in [0.29, 0.717) is 32.0 Å². The van der Waals surface area contributed by atoms with E-state index in [1.54, 1.807) is 0 Å². The van der Waals surface area contributed by atoms with Crippen molar-refractivity contribution in [2.75, 3.05) is 72.0 Å². The minimum absolute atomic E-state index is 0.0169. The third-order valence-electron chi connectivity index (χ3n) is 4.96. The average Bonchev–Trinajstić information content (AvgIpc) is 3.00. The van der Waals surface area contributed by atoms with Crippen molar-refractivity contribution >= 4 is 5.96 Å². The summed E-state index contributed by atoms with van der Waals surface area (Å²) in [7, 11) is 0. The molecule has 0 aromatic heterocycles. The number of alkyl halides is 3. The Hall–Kier alpha value is -1.06. The zero-order chi connectivity index (χ0) is 19.0. The molecular weight excluding hydrogens is 345 g/mol. The van der Waals surface area contributed by atoms with E-state index in [4.69, 9.17) is 0 Å². The summed E-state index contributed by atoms with van der Waals surface area (Å²) in [6.45, 7) is 12.0. The number of piperazine rings is 1. The number of hydrogen-bond acceptors (Lipinski definition) is 4. The maximum absolute atomic E-state index is 12.5. The molecule has 0 saturated carbocycles. The van der Waals surface area contributed by atoms with E-state index in [-0.39, 0.29) is 6.04 Å². The fourth-order valence-electron chi connectivity index (χ4n) is 3.49. The molecule has 0 aliphatic carbocycles. The summed E-state index contributed by atoms with van der Waals surface area (Å²) in [6.07, 6.45) is -3.42. The van der Waals surface area contributed by atoms with Gasteiger partial charge in [0.15, 0.2) is 5.96 Å². The Bertz CT molecular complexity index is 435. The zero-order valence-corrected chi connectivity index (χ0v) is 16.0. The Morgan fingerprint density at radius 1 is 1.04 bits per heavy atom. The molecule has 1 unspecified atom stereocenters. The summed E-state index contributed by atoms with van der Waals surface area (Å²) in [4.78, 5) is 10.9. The summed E-state index contributed by atoms with van der Waals surface area (Å²) in [5, 5.41) is 6.49. The van der Waals surface area contributed by atoms with Crippen LogP contribution in [0, 0.1) is 0 Å². The van der Waals surface area contributed by atoms with Crippen molar-refractivity contribution in [3.63, 3.8) is 0 Å². The van der Waals surface area contributed by atoms with E-state index in [2.05, 4.69) is 32.3 Å². The molecule has 2 aliphatic heterocycles. The number of likely N-dealkylation sites (N-methyl/N-ethyl adjacent to an activating group) is 1. The van der Waals surface area contributed by atoms with Crippen LogP contribution in [0.3, 0.4) is 0 Å². The van der Waals surface area contributed by atoms with Gasteiger partial charge >= 0.3 is 6.18 Å². The average molecular weight is 378 g/mol. The number of aliphatic imine (C=N–C) groups is 1. The molecule has 0 bridgehead atoms. The second-order valence-corrected chi connectivity index (χ2v) is 7.02. The van der Waals surface area contributed by atoms with Gasteiger partial charge < -0.3 is 15.5 Å². The molecule has 2 heterocycles. The normalized spacial score (nSPS) is 24.2. The van der Waals surface area contributed by atoms with E-state index in [1.807, 2.05) is 6.92 Å². The van der Waals surface area contributed by atoms with Crippen LogP contribution in [0.5, 0.6) is 0 Å². The highest BCUT2D eigenvalue weighted by Crippen LogP contribution is 2.19. The van der Waals surface area contributed by atoms with Crippen LogP contribution in [0.15, 0.2) is 4.99 Å². The topological polar surface area (TPSA) is 46.1 Å². The number of hydrogen-bond donors (Lipinski definition) is 2. The summed E-state index contributed by atoms with van der Waals surface area (Å²) < 4.78 is 37.5. The molecule has 152 valence electrons. The summed E-state index contributed by atoms with van der Waals surface area (Å²) >= 11 is 0. The first kappa shape index (κ1) is 21.2. The molecule has 2 rings (SSSR count). The zero-order valence-electron chi connectivity index (χ0n) is 16.0. The summed E-state index contributed by atoms with van der Waals surface area (Å²) in [5.41, 5.74) is 0. The molecule has 0 amide bonds. The van der Waals surface area contributed by atoms with Gasteiger partial charge in [-0.25, -0.2) is 0 Å². The van der Waals surface area contributed by atoms with Gasteiger partial charge in [0.25, 0.3) is 0 Å². The standard InChI is InChI=1S/C17H33F3N6/c1-3-21-16(22-6-8-25-11-9-24(4-2)10-12-25)23-15-5-7-26(13-15)14-17(18,19)20/h15H,3-14H2,1-2H3,(H2,21,22,23). The Morgan fingerprint density at radius 2 is 1.73 bits per heavy atom. The Balaban J connectivity index is 1.73. The molecule has 1 atom stereocenters. The predicted octanol–water partition coefficient (Wildman–Crippen LogP) is 0.816. The van der Waals surface area contributed by atoms with Crippen LogP contribution in [-0.2, 0) is 0 Å². The molecule has 0 spiro atoms. The number of rotatable bonds is 7. The van der Waals surface area contributed by atoms with Crippen LogP contribution in [0.2, 0.25) is 0 Å². The van der Waals surface area contributed by atoms with Gasteiger partial charge in [0.2, 0.25) is 0 Å². The van der Waals surface area contributed by atoms with Crippen molar-refractivity contribution < 1.29 is 13.2 Å². The highest BCUT2D eigenvalue weighted by atomic mass is 19.4. The smallest absolute Gasteiger partial charge is 0.357 e. The molecule has 2 saturated heterocycles. The number of guanidine groups is 1. The Labute approximate surface area is 154 Å². The molecule has 2 aliphatic rings. The van der Waals surface area contributed by atoms with Crippen molar-refractivity contribution in [3.8, 4) is 0 Å². The maximum atomic E-state index is 12.5. The quantitative estimate of drug-likeness (QED) is 0.507. The minimum Gasteiger partial charge on any atom is -0.357 e. The lowest BCUT2D eigenvalue weighted by molar-refractivity contribution is -0.143. The first-order valence-corrected chi connectivity index (χ1v) is 9.68. The predicted molar refractivity (Wildman–Crippen MR) is 98.6 cm³/mol. The first-order valence-electron chi connectivity index (χ1n) is 9.68. The highest BCUT2D eigenvalue weighted by Gasteiger charge is 2.34. The monoisotopic (exact) mass is 378 g/mol. The highest BCUT2D eigenvalue weighted by molar-refractivity contribution is 5.80. The molecule has 9 heteroatoms. The van der Waals surface area contributed by atoms with Crippen LogP contribution in [0.25, 0.3) is 0 Å². The molecule has 0 radical (unpaired) electrons. The lowest BCUT2D eigenvalue weighted by Crippen LogP contribution is -2.47. The largest absolute Gasteiger partial charge is 0.401 e. The van der Waals surface area contributed by atoms with Crippen molar-refractivity contribution in [1.29, 1.82) is 0 Å². The van der Waals surface area contributed by atoms with E-state index in [0.717, 1.165) is 45.8 Å². The van der Waals surface area contributed by atoms with Crippen LogP contribution in [-0.4, -0.2) is 105 Å². The third-order valence-corrected chi connectivity index (χ3v) is 4.96. The molecule has 0 aromatic rings. The van der Waals surface area contributed by atoms with Gasteiger partial charge in [-0.2, -0.15) is 13.2 Å². The maximum Gasteiger partial charge on any atom is 0.401 e. The molecule has 0 aromatic carbocycles. The van der Waals surface area contributed by atoms with Gasteiger partial charge in [-0.3, -0.25) is 14.8 Å². The summed E-state index contributed by atoms with van der Waals surface area (Å²) in [5.74, 6) is 0.707. The second kappa shape index (κ2) is 10.3. The van der Waals surface area contributed by atoms with Crippen LogP contribution in [0.4, 0.5) is 13.2 Å². The number of likely N-dealkylation sites (tertiary alicyclic amines) is 1. The van der Waals surface area contributed by atoms with Crippen LogP contribution >= 0.6 is 0 Å². The molecule has 2 N–H and O–H groups in total. The van der Waals surface area contributed by atoms with E-state index < -0.39 is 12.7 Å². The lowest BCUT2D eigenvalue weighted by atomic mass is 10.3. The van der Waals surface area contributed by atoms with Gasteiger partial charge in [0.1, 0.15) is 0 Å². The molecule has 6 nitrogen and oxygen atoms in total. The first-order chi connectivity index (χ1) is 12.4. The molecular formula is C17H33F3N6. The Kier molecular flexibility index (Phi) is 8.43. The summed E-state index contributed by atoms with van der Waals surface area (Å²) in [6, 6.07) is 0.0169. The van der Waals surface area contributed by atoms with Gasteiger partial charge in [-0.1, -0.05) is 6.92 Å². The molecule has 26 heavy (non-hydrogen) atoms. The van der Waals surface area contributed by atoms with E-state index in [9.17, 15) is 13.2 Å². The van der Waals surface area contributed by atoms with Gasteiger partial charge in [0.05, 0.1) is 13.1 Å². The minimum atomic E-state index is -4.13. The van der Waals surface area contributed by atoms with Crippen LogP contribution in [0.1, 0.15) is 20.3 Å². The fourth-order valence-corrected chi connectivity index (χ4v) is 3.49. The van der Waals surface area contributed by atoms with Crippen LogP contribution < -0.4 is 10.6 Å². The second-order valence-electron chi connectivity index (χ2n) is 7.02. The number of nitrogens with one attached hydrogen (secondary N) is 2. The van der Waals surface area contributed by atoms with Gasteiger partial charge in [0, 0.05) is 58.4 Å². The van der Waals surface area contributed by atoms with Crippen molar-refractivity contribution in [1.82, 2.24) is 25.3 Å². The number of nitrogens with zero attached hydrogens (tertiary/aromatic N) is 4. The van der Waals surface area contributed by atoms with E-state index in [1.165, 1.54) is 4.90 Å². The SMILES string of the molecule is CCNC(=NCCN1CCN(CC)CC1)NC1CCN(CC(F)(F)F)C1. The van der Waals surface area contributed by atoms with E-state index >= 15 is 0 Å². The van der Waals surface area contributed by atoms with Gasteiger partial charge in [-0.05, 0) is 19.9 Å². The third kappa shape index (κ3) is 7.67. The Morgan fingerprint density at radius 3 is 2.35 bits per heavy atom. The number of halogens is 3. The van der Waals surface area contributed by atoms with Gasteiger partial charge in [-0.15, -0.1) is 0 Å².